The number of amides is 4. The average Bonchev–Trinajstić information content (AvgIpc) is 0.899. The molecule has 646 valence electrons. The van der Waals surface area contributed by atoms with E-state index in [1.807, 2.05) is 0 Å². The predicted molar refractivity (Wildman–Crippen MR) is 433 cm³/mol. The summed E-state index contributed by atoms with van der Waals surface area (Å²) in [7, 11) is -9.84. The van der Waals surface area contributed by atoms with E-state index < -0.39 is 139 Å². The third-order valence-corrected chi connectivity index (χ3v) is 20.8. The number of aliphatic hydroxyl groups excluding tert-OH is 4. The van der Waals surface area contributed by atoms with Crippen LogP contribution in [0.4, 0.5) is 0 Å². The Kier molecular flexibility index (Phi) is 71.6. The van der Waals surface area contributed by atoms with Crippen LogP contribution < -0.4 is 21.3 Å². The van der Waals surface area contributed by atoms with Gasteiger partial charge in [0.15, 0.2) is 12.2 Å². The van der Waals surface area contributed by atoms with E-state index in [1.165, 1.54) is 64.2 Å². The fourth-order valence-corrected chi connectivity index (χ4v) is 13.7. The highest BCUT2D eigenvalue weighted by Crippen LogP contribution is 2.44. The quantitative estimate of drug-likeness (QED) is 0.0117. The third-order valence-electron chi connectivity index (χ3n) is 18.8. The van der Waals surface area contributed by atoms with Crippen LogP contribution in [0.1, 0.15) is 350 Å². The second-order valence-corrected chi connectivity index (χ2v) is 32.4. The highest BCUT2D eigenvalue weighted by Gasteiger charge is 2.32. The van der Waals surface area contributed by atoms with Crippen LogP contribution in [0.2, 0.25) is 0 Å². The van der Waals surface area contributed by atoms with Gasteiger partial charge in [0.1, 0.15) is 12.2 Å². The number of carbonyl (C=O) groups excluding carboxylic acids is 6. The number of allylic oxidation sites excluding steroid dienone is 4. The minimum atomic E-state index is -4.92. The normalized spacial score (nSPS) is 15.1. The van der Waals surface area contributed by atoms with Crippen molar-refractivity contribution in [1.82, 2.24) is 21.3 Å². The first-order valence-electron chi connectivity index (χ1n) is 43.0. The number of nitrogens with one attached hydrogen (secondary N) is 4. The lowest BCUT2D eigenvalue weighted by atomic mass is 10.0. The van der Waals surface area contributed by atoms with Gasteiger partial charge in [-0.15, -0.1) is 0 Å². The molecule has 0 aliphatic rings. The zero-order valence-corrected chi connectivity index (χ0v) is 70.8. The van der Waals surface area contributed by atoms with Crippen molar-refractivity contribution in [3.05, 3.63) is 24.3 Å². The molecule has 4 amide bonds. The lowest BCUT2D eigenvalue weighted by Gasteiger charge is -2.23. The molecule has 10 atom stereocenters. The number of phosphoric ester groups is 2. The minimum absolute atomic E-state index is 0.111. The maximum Gasteiger partial charge on any atom is 0.472 e. The molecular weight excluding hydrogens is 1450 g/mol. The molecule has 0 saturated heterocycles. The Hall–Kier alpha value is -3.72. The molecule has 28 heteroatoms. The van der Waals surface area contributed by atoms with Gasteiger partial charge in [-0.1, -0.05) is 246 Å². The molecule has 110 heavy (non-hydrogen) atoms. The van der Waals surface area contributed by atoms with Crippen LogP contribution in [0.5, 0.6) is 0 Å². The van der Waals surface area contributed by atoms with Gasteiger partial charge in [-0.3, -0.25) is 46.9 Å². The van der Waals surface area contributed by atoms with Crippen LogP contribution in [0.25, 0.3) is 0 Å². The number of unbranched alkanes of at least 4 members (excludes halogenated alkanes) is 30. The molecule has 0 heterocycles. The van der Waals surface area contributed by atoms with Gasteiger partial charge in [0, 0.05) is 39.1 Å². The van der Waals surface area contributed by atoms with Crippen molar-refractivity contribution in [2.75, 3.05) is 65.9 Å². The zero-order valence-electron chi connectivity index (χ0n) is 69.1. The number of hydrogen-bond acceptors (Lipinski definition) is 20. The number of esters is 2. The molecule has 26 nitrogen and oxygen atoms in total. The first-order valence-corrected chi connectivity index (χ1v) is 46.0. The van der Waals surface area contributed by atoms with Crippen LogP contribution in [-0.2, 0) is 74.9 Å². The summed E-state index contributed by atoms with van der Waals surface area (Å²) < 4.78 is 70.5. The Balaban J connectivity index is 5.80. The van der Waals surface area contributed by atoms with Crippen molar-refractivity contribution in [3.8, 4) is 0 Å². The van der Waals surface area contributed by atoms with Gasteiger partial charge in [-0.2, -0.15) is 0 Å². The molecule has 0 saturated carbocycles. The molecule has 0 aromatic heterocycles. The maximum absolute atomic E-state index is 13.8. The van der Waals surface area contributed by atoms with Crippen molar-refractivity contribution in [2.45, 2.75) is 398 Å². The summed E-state index contributed by atoms with van der Waals surface area (Å²) in [5.74, 6) is -4.40. The molecule has 0 aromatic carbocycles. The summed E-state index contributed by atoms with van der Waals surface area (Å²) in [5.41, 5.74) is 0. The summed E-state index contributed by atoms with van der Waals surface area (Å²) in [4.78, 5) is 101. The average molecular weight is 1610 g/mol. The van der Waals surface area contributed by atoms with Crippen molar-refractivity contribution in [2.24, 2.45) is 0 Å². The molecular formula is C82H156N4O22P2. The molecule has 5 unspecified atom stereocenters. The van der Waals surface area contributed by atoms with Crippen molar-refractivity contribution in [3.63, 3.8) is 0 Å². The molecule has 0 aromatic rings. The van der Waals surface area contributed by atoms with Gasteiger partial charge in [-0.25, -0.2) is 9.13 Å². The second-order valence-electron chi connectivity index (χ2n) is 29.5. The molecule has 0 fully saturated rings. The Morgan fingerprint density at radius 3 is 0.964 bits per heavy atom. The summed E-state index contributed by atoms with van der Waals surface area (Å²) in [6.45, 7) is 9.19. The van der Waals surface area contributed by atoms with E-state index in [-0.39, 0.29) is 52.1 Å². The van der Waals surface area contributed by atoms with Gasteiger partial charge >= 0.3 is 27.6 Å². The number of phosphoric acid groups is 2. The number of hydrogen-bond donors (Lipinski definition) is 10. The van der Waals surface area contributed by atoms with E-state index >= 15 is 0 Å². The Morgan fingerprint density at radius 2 is 0.636 bits per heavy atom. The first-order chi connectivity index (χ1) is 53.0. The monoisotopic (exact) mass is 1610 g/mol. The van der Waals surface area contributed by atoms with Gasteiger partial charge in [0.25, 0.3) is 11.8 Å². The maximum atomic E-state index is 13.8. The molecule has 0 aliphatic carbocycles. The smallest absolute Gasteiger partial charge is 0.462 e. The van der Waals surface area contributed by atoms with Crippen LogP contribution >= 0.6 is 15.6 Å². The Morgan fingerprint density at radius 1 is 0.345 bits per heavy atom. The number of rotatable bonds is 81. The molecule has 0 bridgehead atoms. The van der Waals surface area contributed by atoms with Crippen LogP contribution in [-0.4, -0.2) is 180 Å². The van der Waals surface area contributed by atoms with E-state index in [0.717, 1.165) is 167 Å². The lowest BCUT2D eigenvalue weighted by Crippen LogP contribution is -2.50. The van der Waals surface area contributed by atoms with Crippen molar-refractivity contribution < 1.29 is 105 Å². The van der Waals surface area contributed by atoms with E-state index in [0.29, 0.717) is 51.4 Å². The highest BCUT2D eigenvalue weighted by molar-refractivity contribution is 7.47. The van der Waals surface area contributed by atoms with Gasteiger partial charge in [0.2, 0.25) is 11.8 Å². The van der Waals surface area contributed by atoms with Gasteiger partial charge in [0.05, 0.1) is 76.8 Å². The second kappa shape index (κ2) is 74.1. The summed E-state index contributed by atoms with van der Waals surface area (Å²) in [5, 5.41) is 52.3. The Labute approximate surface area is 663 Å². The number of carbonyl (C=O) groups is 6. The van der Waals surface area contributed by atoms with Crippen LogP contribution in [0.15, 0.2) is 24.3 Å². The standard InChI is InChI=1S/C82H156N4O22P2/c1-7-13-19-25-28-31-34-40-46-52-74(108-78(92)54-48-42-36-33-30-27-21-15-9-3)64-76(90)86-70(66-102-60-56-72(88)50-44-38-23-17-11-5)68-106-110(99,100)104-62-58-84-82(96)80(94)79(93)81(95)83-57-61-103-109(97,98)105-67-69(65-101-59-55-71(87)49-43-37-22-16-10-4)85-75(89)63-73(51-45-39-24-18-12-6)107-77(91)53-47-41-35-32-29-26-20-14-8-2/h32-33,35-36,69-74,79-80,87-88,93-94H,7-31,34,37-68H2,1-6H3,(H,83,95)(H,84,96)(H,85,89)(H,86,90)(H,97,98)(H,99,100)/t69?,70?,71-,72-,73?,74-,79+,80+/m1/s1. The number of aliphatic hydroxyl groups is 4. The van der Waals surface area contributed by atoms with Crippen LogP contribution in [0.3, 0.4) is 0 Å². The molecule has 10 N–H and O–H groups in total. The summed E-state index contributed by atoms with van der Waals surface area (Å²) >= 11 is 0. The van der Waals surface area contributed by atoms with E-state index in [9.17, 15) is 68.1 Å². The number of ether oxygens (including phenoxy) is 4. The van der Waals surface area contributed by atoms with Crippen LogP contribution in [0, 0.1) is 0 Å². The van der Waals surface area contributed by atoms with Gasteiger partial charge < -0.3 is 70.4 Å². The predicted octanol–water partition coefficient (Wildman–Crippen LogP) is 15.7. The first kappa shape index (κ1) is 106. The summed E-state index contributed by atoms with van der Waals surface area (Å²) in [6, 6.07) is -2.03. The SMILES string of the molecule is CCCCCCC=CCCCC(=O)OC(CCCCCCC)CC(=O)NC(COCC[C@H](O)CCCCCCC)COP(=O)(O)OCCNC(=O)[C@@H](O)[C@H](O)C(=O)NCCOP(=O)(O)OCC(COCC[C@H](O)CCCCCCC)NC(=O)C[C@@H](CCCCCCCCCCC)OC(=O)CCCC=CCCCCCC. The Bertz CT molecular complexity index is 2420. The molecule has 0 rings (SSSR count). The van der Waals surface area contributed by atoms with E-state index in [4.69, 9.17) is 37.0 Å². The fraction of sp³-hybridized carbons (Fsp3) is 0.878. The highest BCUT2D eigenvalue weighted by atomic mass is 31.2. The van der Waals surface area contributed by atoms with E-state index in [1.54, 1.807) is 0 Å². The topological polar surface area (TPSA) is 380 Å². The van der Waals surface area contributed by atoms with E-state index in [2.05, 4.69) is 87.1 Å². The molecule has 0 radical (unpaired) electrons. The van der Waals surface area contributed by atoms with Gasteiger partial charge in [-0.05, 0) is 103 Å². The zero-order chi connectivity index (χ0) is 81.4. The molecule has 0 aliphatic heterocycles. The fourth-order valence-electron chi connectivity index (χ4n) is 12.1. The molecule has 0 spiro atoms. The minimum Gasteiger partial charge on any atom is -0.462 e. The largest absolute Gasteiger partial charge is 0.472 e. The third kappa shape index (κ3) is 67.6. The lowest BCUT2D eigenvalue weighted by molar-refractivity contribution is -0.152. The summed E-state index contributed by atoms with van der Waals surface area (Å²) in [6.07, 6.45) is 42.7. The van der Waals surface area contributed by atoms with Crippen molar-refractivity contribution >= 4 is 51.2 Å². The van der Waals surface area contributed by atoms with Crippen molar-refractivity contribution in [1.29, 1.82) is 0 Å².